The number of methoxy groups -OCH3 is 1. The maximum atomic E-state index is 13.3. The van der Waals surface area contributed by atoms with Crippen LogP contribution in [0.15, 0.2) is 48.5 Å². The molecule has 0 bridgehead atoms. The fraction of sp³-hybridized carbons (Fsp3) is 0.350. The molecule has 0 amide bonds. The molecular weight excluding hydrogens is 319 g/mol. The Morgan fingerprint density at radius 3 is 2.48 bits per heavy atom. The highest BCUT2D eigenvalue weighted by molar-refractivity contribution is 5.96. The molecule has 130 valence electrons. The fourth-order valence-electron chi connectivity index (χ4n) is 3.86. The lowest BCUT2D eigenvalue weighted by molar-refractivity contribution is -0.661. The molecule has 0 saturated heterocycles. The maximum absolute atomic E-state index is 13.3. The van der Waals surface area contributed by atoms with E-state index in [0.29, 0.717) is 6.54 Å². The van der Waals surface area contributed by atoms with Gasteiger partial charge in [0, 0.05) is 12.0 Å². The number of ether oxygens (including phenoxy) is 1. The zero-order valence-electron chi connectivity index (χ0n) is 14.3. The molecule has 2 aliphatic rings. The molecular formula is C20H22FN2O2+. The molecule has 1 N–H and O–H groups in total. The molecule has 1 unspecified atom stereocenters. The molecule has 2 aliphatic heterocycles. The summed E-state index contributed by atoms with van der Waals surface area (Å²) < 4.78 is 20.6. The highest BCUT2D eigenvalue weighted by atomic mass is 19.1. The lowest BCUT2D eigenvalue weighted by Gasteiger charge is -2.24. The number of hydrogen-bond donors (Lipinski definition) is 1. The summed E-state index contributed by atoms with van der Waals surface area (Å²) in [7, 11) is 1.65. The number of rotatable bonds is 3. The third kappa shape index (κ3) is 2.68. The van der Waals surface area contributed by atoms with Gasteiger partial charge in [-0.3, -0.25) is 0 Å². The standard InChI is InChI=1S/C20H22FN2O2/c1-25-18-11-9-17(10-12-18)22-14-20(24,15-5-7-16(21)8-6-15)23-13-3-2-4-19(22)23/h5-12,24H,2-4,13-14H2,1H3/q+1. The van der Waals surface area contributed by atoms with Crippen molar-refractivity contribution in [1.29, 1.82) is 0 Å². The molecule has 4 rings (SSSR count). The van der Waals surface area contributed by atoms with Gasteiger partial charge in [-0.1, -0.05) is 0 Å². The normalized spacial score (nSPS) is 22.9. The lowest BCUT2D eigenvalue weighted by Crippen LogP contribution is -2.41. The van der Waals surface area contributed by atoms with Crippen LogP contribution >= 0.6 is 0 Å². The van der Waals surface area contributed by atoms with Gasteiger partial charge in [-0.15, -0.1) is 0 Å². The van der Waals surface area contributed by atoms with E-state index in [1.54, 1.807) is 19.2 Å². The summed E-state index contributed by atoms with van der Waals surface area (Å²) in [5, 5.41) is 11.5. The molecule has 25 heavy (non-hydrogen) atoms. The van der Waals surface area contributed by atoms with Crippen LogP contribution in [0.3, 0.4) is 0 Å². The Balaban J connectivity index is 1.75. The second kappa shape index (κ2) is 6.15. The van der Waals surface area contributed by atoms with E-state index >= 15 is 0 Å². The van der Waals surface area contributed by atoms with E-state index in [-0.39, 0.29) is 5.82 Å². The van der Waals surface area contributed by atoms with Crippen molar-refractivity contribution >= 4 is 11.5 Å². The summed E-state index contributed by atoms with van der Waals surface area (Å²) in [5.41, 5.74) is 0.619. The van der Waals surface area contributed by atoms with Crippen molar-refractivity contribution < 1.29 is 18.8 Å². The summed E-state index contributed by atoms with van der Waals surface area (Å²) in [5.74, 6) is 1.64. The molecule has 2 aromatic carbocycles. The molecule has 2 aromatic rings. The van der Waals surface area contributed by atoms with E-state index in [1.807, 2.05) is 24.3 Å². The first kappa shape index (κ1) is 16.1. The predicted molar refractivity (Wildman–Crippen MR) is 94.6 cm³/mol. The molecule has 4 nitrogen and oxygen atoms in total. The molecule has 0 radical (unpaired) electrons. The first-order chi connectivity index (χ1) is 12.1. The van der Waals surface area contributed by atoms with Crippen molar-refractivity contribution in [3.05, 3.63) is 59.9 Å². The van der Waals surface area contributed by atoms with Gasteiger partial charge in [0.25, 0.3) is 11.6 Å². The Bertz CT molecular complexity index is 801. The largest absolute Gasteiger partial charge is 0.497 e. The van der Waals surface area contributed by atoms with Crippen LogP contribution in [0.1, 0.15) is 24.8 Å². The molecule has 5 heteroatoms. The average molecular weight is 341 g/mol. The highest BCUT2D eigenvalue weighted by Gasteiger charge is 2.52. The van der Waals surface area contributed by atoms with Gasteiger partial charge in [-0.25, -0.2) is 13.9 Å². The van der Waals surface area contributed by atoms with Crippen LogP contribution in [0.4, 0.5) is 10.1 Å². The van der Waals surface area contributed by atoms with Gasteiger partial charge in [-0.05, 0) is 61.4 Å². The minimum Gasteiger partial charge on any atom is -0.497 e. The molecule has 2 heterocycles. The lowest BCUT2D eigenvalue weighted by atomic mass is 10.0. The van der Waals surface area contributed by atoms with Crippen molar-refractivity contribution in [2.24, 2.45) is 0 Å². The number of amidine groups is 1. The van der Waals surface area contributed by atoms with Crippen molar-refractivity contribution in [3.8, 4) is 5.75 Å². The van der Waals surface area contributed by atoms with Crippen molar-refractivity contribution in [1.82, 2.24) is 0 Å². The van der Waals surface area contributed by atoms with Gasteiger partial charge < -0.3 is 9.84 Å². The van der Waals surface area contributed by atoms with Crippen LogP contribution in [-0.4, -0.2) is 35.7 Å². The number of benzene rings is 2. The number of halogens is 1. The number of nitrogens with zero attached hydrogens (tertiary/aromatic N) is 2. The summed E-state index contributed by atoms with van der Waals surface area (Å²) in [4.78, 5) is 2.17. The Kier molecular flexibility index (Phi) is 3.96. The number of β-amino-alcohol motifs (C(OH)–C–C–N with tert-alkyl or cyclic N) is 1. The zero-order valence-corrected chi connectivity index (χ0v) is 14.3. The predicted octanol–water partition coefficient (Wildman–Crippen LogP) is 3.09. The van der Waals surface area contributed by atoms with Crippen LogP contribution in [0.2, 0.25) is 0 Å². The molecule has 0 saturated carbocycles. The summed E-state index contributed by atoms with van der Waals surface area (Å²) in [6.45, 7) is 1.23. The van der Waals surface area contributed by atoms with E-state index in [1.165, 1.54) is 12.1 Å². The summed E-state index contributed by atoms with van der Waals surface area (Å²) in [6, 6.07) is 14.1. The monoisotopic (exact) mass is 341 g/mol. The van der Waals surface area contributed by atoms with Gasteiger partial charge in [0.15, 0.2) is 6.54 Å². The second-order valence-corrected chi connectivity index (χ2v) is 6.63. The minimum atomic E-state index is -1.14. The first-order valence-electron chi connectivity index (χ1n) is 8.65. The van der Waals surface area contributed by atoms with Crippen LogP contribution in [0.5, 0.6) is 5.75 Å². The average Bonchev–Trinajstić information content (AvgIpc) is 2.97. The third-order valence-corrected chi connectivity index (χ3v) is 5.17. The molecule has 0 fully saturated rings. The topological polar surface area (TPSA) is 35.7 Å². The van der Waals surface area contributed by atoms with E-state index in [2.05, 4.69) is 9.48 Å². The van der Waals surface area contributed by atoms with Crippen LogP contribution in [0, 0.1) is 5.82 Å². The van der Waals surface area contributed by atoms with Gasteiger partial charge in [0.1, 0.15) is 17.3 Å². The fourth-order valence-corrected chi connectivity index (χ4v) is 3.86. The molecule has 0 aromatic heterocycles. The number of hydrogen-bond acceptors (Lipinski definition) is 3. The van der Waals surface area contributed by atoms with E-state index in [0.717, 1.165) is 48.6 Å². The molecule has 0 spiro atoms. The van der Waals surface area contributed by atoms with Gasteiger partial charge >= 0.3 is 0 Å². The van der Waals surface area contributed by atoms with Crippen molar-refractivity contribution in [2.75, 3.05) is 25.1 Å². The zero-order chi connectivity index (χ0) is 17.4. The minimum absolute atomic E-state index is 0.291. The molecule has 0 aliphatic carbocycles. The number of anilines is 1. The van der Waals surface area contributed by atoms with Crippen LogP contribution in [0.25, 0.3) is 0 Å². The van der Waals surface area contributed by atoms with Gasteiger partial charge in [-0.2, -0.15) is 0 Å². The van der Waals surface area contributed by atoms with E-state index in [4.69, 9.17) is 4.74 Å². The maximum Gasteiger partial charge on any atom is 0.271 e. The Labute approximate surface area is 146 Å². The smallest absolute Gasteiger partial charge is 0.271 e. The van der Waals surface area contributed by atoms with Crippen LogP contribution in [-0.2, 0) is 5.72 Å². The Hall–Kier alpha value is -2.40. The summed E-state index contributed by atoms with van der Waals surface area (Å²) >= 11 is 0. The van der Waals surface area contributed by atoms with Crippen LogP contribution < -0.4 is 9.64 Å². The van der Waals surface area contributed by atoms with Crippen molar-refractivity contribution in [2.45, 2.75) is 25.0 Å². The SMILES string of the molecule is COc1ccc(N2CC(O)(c3ccc(F)cc3)[N+]3=C2CCCC3)cc1. The van der Waals surface area contributed by atoms with Gasteiger partial charge in [0.2, 0.25) is 0 Å². The summed E-state index contributed by atoms with van der Waals surface area (Å²) in [6.07, 6.45) is 3.08. The first-order valence-corrected chi connectivity index (χ1v) is 8.65. The molecule has 1 atom stereocenters. The van der Waals surface area contributed by atoms with E-state index < -0.39 is 5.72 Å². The Morgan fingerprint density at radius 2 is 1.80 bits per heavy atom. The third-order valence-electron chi connectivity index (χ3n) is 5.17. The Morgan fingerprint density at radius 1 is 1.08 bits per heavy atom. The van der Waals surface area contributed by atoms with E-state index in [9.17, 15) is 9.50 Å². The van der Waals surface area contributed by atoms with Gasteiger partial charge in [0.05, 0.1) is 13.7 Å². The second-order valence-electron chi connectivity index (χ2n) is 6.63. The quantitative estimate of drug-likeness (QED) is 0.872. The van der Waals surface area contributed by atoms with Crippen molar-refractivity contribution in [3.63, 3.8) is 0 Å². The number of aliphatic hydroxyl groups is 1. The highest BCUT2D eigenvalue weighted by Crippen LogP contribution is 2.36.